The number of ether oxygens (including phenoxy) is 3. The summed E-state index contributed by atoms with van der Waals surface area (Å²) in [5.74, 6) is 1.24. The molecule has 1 fully saturated rings. The molecule has 0 aliphatic carbocycles. The summed E-state index contributed by atoms with van der Waals surface area (Å²) in [6.07, 6.45) is 6.74. The van der Waals surface area contributed by atoms with Crippen molar-refractivity contribution in [2.45, 2.75) is 31.0 Å². The Morgan fingerprint density at radius 2 is 1.70 bits per heavy atom. The number of amides is 1. The summed E-state index contributed by atoms with van der Waals surface area (Å²) < 4.78 is 52.1. The topological polar surface area (TPSA) is 173 Å². The molecule has 18 heteroatoms. The van der Waals surface area contributed by atoms with Crippen molar-refractivity contribution in [2.75, 3.05) is 58.1 Å². The molecule has 63 heavy (non-hydrogen) atoms. The lowest BCUT2D eigenvalue weighted by molar-refractivity contribution is -0.0497. The van der Waals surface area contributed by atoms with Crippen LogP contribution in [0.15, 0.2) is 115 Å². The fourth-order valence-corrected chi connectivity index (χ4v) is 7.69. The van der Waals surface area contributed by atoms with E-state index in [1.807, 2.05) is 67.6 Å². The van der Waals surface area contributed by atoms with E-state index in [-0.39, 0.29) is 22.6 Å². The smallest absolute Gasteiger partial charge is 0.387 e. The third-order valence-electron chi connectivity index (χ3n) is 10.1. The van der Waals surface area contributed by atoms with E-state index in [2.05, 4.69) is 62.1 Å². The van der Waals surface area contributed by atoms with Gasteiger partial charge in [-0.1, -0.05) is 18.2 Å². The van der Waals surface area contributed by atoms with Gasteiger partial charge in [-0.2, -0.15) is 8.78 Å². The number of aromatic nitrogens is 6. The molecule has 3 N–H and O–H groups in total. The van der Waals surface area contributed by atoms with Crippen molar-refractivity contribution in [3.05, 3.63) is 132 Å². The van der Waals surface area contributed by atoms with Crippen LogP contribution in [0.25, 0.3) is 22.3 Å². The summed E-state index contributed by atoms with van der Waals surface area (Å²) in [4.78, 5) is 42.1. The Balaban J connectivity index is 0.000000201. The number of fused-ring (bicyclic) bond motifs is 1. The Labute approximate surface area is 365 Å². The van der Waals surface area contributed by atoms with E-state index in [1.54, 1.807) is 24.7 Å². The highest BCUT2D eigenvalue weighted by Gasteiger charge is 2.19. The number of pyridine rings is 2. The van der Waals surface area contributed by atoms with Crippen LogP contribution in [0, 0.1) is 6.92 Å². The number of halogens is 2. The zero-order chi connectivity index (χ0) is 44.3. The average molecular weight is 877 g/mol. The maximum absolute atomic E-state index is 12.9. The summed E-state index contributed by atoms with van der Waals surface area (Å²) in [7, 11) is 3.57. The highest BCUT2D eigenvalue weighted by atomic mass is 32.2. The molecule has 0 spiro atoms. The van der Waals surface area contributed by atoms with Crippen LogP contribution in [0.1, 0.15) is 27.2 Å². The van der Waals surface area contributed by atoms with Gasteiger partial charge in [0.2, 0.25) is 5.95 Å². The molecule has 7 aromatic rings. The van der Waals surface area contributed by atoms with Gasteiger partial charge in [-0.05, 0) is 79.7 Å². The number of rotatable bonds is 14. The van der Waals surface area contributed by atoms with Crippen molar-refractivity contribution in [3.8, 4) is 28.5 Å². The SMILES string of the molecule is COc1ccnc(CS(=O)c2nc3ccc(OC(F)F)cc3[nH]2)c1OC.Cc1ccc(NC(=O)c2ccc(CN3CCN(C)CC3)cc2)cc1Nc1nccc(-c2cccnc2)n1. The zero-order valence-electron chi connectivity index (χ0n) is 35.0. The normalized spacial score (nSPS) is 13.5. The number of nitrogens with one attached hydrogen (secondary N) is 3. The number of H-pyrrole nitrogens is 1. The van der Waals surface area contributed by atoms with Crippen LogP contribution < -0.4 is 24.8 Å². The molecule has 15 nitrogen and oxygen atoms in total. The second-order valence-electron chi connectivity index (χ2n) is 14.5. The second kappa shape index (κ2) is 20.8. The first-order valence-electron chi connectivity index (χ1n) is 19.9. The predicted octanol–water partition coefficient (Wildman–Crippen LogP) is 7.47. The lowest BCUT2D eigenvalue weighted by atomic mass is 10.1. The highest BCUT2D eigenvalue weighted by molar-refractivity contribution is 7.84. The molecule has 1 unspecified atom stereocenters. The number of piperazine rings is 1. The third-order valence-corrected chi connectivity index (χ3v) is 11.2. The van der Waals surface area contributed by atoms with Crippen LogP contribution >= 0.6 is 0 Å². The van der Waals surface area contributed by atoms with Crippen LogP contribution in [-0.4, -0.2) is 104 Å². The number of hydrogen-bond donors (Lipinski definition) is 3. The van der Waals surface area contributed by atoms with Gasteiger partial charge in [0, 0.05) is 92.1 Å². The Bertz CT molecular complexity index is 2660. The summed E-state index contributed by atoms with van der Waals surface area (Å²) in [5.41, 5.74) is 7.46. The van der Waals surface area contributed by atoms with Crippen molar-refractivity contribution < 1.29 is 32.0 Å². The summed E-state index contributed by atoms with van der Waals surface area (Å²) in [5, 5.41) is 6.49. The van der Waals surface area contributed by atoms with Crippen molar-refractivity contribution >= 4 is 45.1 Å². The fourth-order valence-electron chi connectivity index (χ4n) is 6.67. The molecule has 8 rings (SSSR count). The average Bonchev–Trinajstić information content (AvgIpc) is 3.73. The van der Waals surface area contributed by atoms with Gasteiger partial charge < -0.3 is 34.7 Å². The predicted molar refractivity (Wildman–Crippen MR) is 237 cm³/mol. The van der Waals surface area contributed by atoms with Crippen LogP contribution in [-0.2, 0) is 23.1 Å². The Kier molecular flexibility index (Phi) is 14.6. The molecule has 1 saturated heterocycles. The fraction of sp³-hybridized carbons (Fsp3) is 0.244. The summed E-state index contributed by atoms with van der Waals surface area (Å²) in [6.45, 7) is 4.31. The Hall–Kier alpha value is -6.89. The number of aromatic amines is 1. The maximum Gasteiger partial charge on any atom is 0.387 e. The van der Waals surface area contributed by atoms with Gasteiger partial charge in [-0.3, -0.25) is 23.9 Å². The number of hydrogen-bond acceptors (Lipinski definition) is 13. The van der Waals surface area contributed by atoms with Crippen LogP contribution in [0.5, 0.6) is 17.2 Å². The molecule has 326 valence electrons. The Morgan fingerprint density at radius 3 is 2.43 bits per heavy atom. The molecule has 1 aliphatic heterocycles. The number of methoxy groups -OCH3 is 2. The number of anilines is 3. The van der Waals surface area contributed by atoms with Crippen molar-refractivity contribution in [1.29, 1.82) is 0 Å². The van der Waals surface area contributed by atoms with Crippen LogP contribution in [0.3, 0.4) is 0 Å². The highest BCUT2D eigenvalue weighted by Crippen LogP contribution is 2.31. The number of aryl methyl sites for hydroxylation is 1. The number of alkyl halides is 2. The van der Waals surface area contributed by atoms with E-state index in [9.17, 15) is 17.8 Å². The van der Waals surface area contributed by atoms with E-state index in [0.717, 1.165) is 55.2 Å². The molecule has 0 bridgehead atoms. The third kappa shape index (κ3) is 11.7. The molecule has 1 atom stereocenters. The molecular weight excluding hydrogens is 831 g/mol. The largest absolute Gasteiger partial charge is 0.493 e. The van der Waals surface area contributed by atoms with Gasteiger partial charge in [0.1, 0.15) is 5.75 Å². The van der Waals surface area contributed by atoms with Crippen LogP contribution in [0.2, 0.25) is 0 Å². The van der Waals surface area contributed by atoms with Crippen molar-refractivity contribution in [1.82, 2.24) is 39.7 Å². The Morgan fingerprint density at radius 1 is 0.905 bits per heavy atom. The minimum absolute atomic E-state index is 0.00962. The van der Waals surface area contributed by atoms with Gasteiger partial charge >= 0.3 is 6.61 Å². The van der Waals surface area contributed by atoms with E-state index < -0.39 is 17.4 Å². The molecular formula is C45H46F2N10O5S. The number of carbonyl (C=O) groups excluding carboxylic acids is 1. The van der Waals surface area contributed by atoms with E-state index in [1.165, 1.54) is 44.2 Å². The van der Waals surface area contributed by atoms with Gasteiger partial charge in [-0.15, -0.1) is 0 Å². The summed E-state index contributed by atoms with van der Waals surface area (Å²) >= 11 is 0. The lowest BCUT2D eigenvalue weighted by Gasteiger charge is -2.32. The van der Waals surface area contributed by atoms with Gasteiger partial charge in [0.25, 0.3) is 5.91 Å². The van der Waals surface area contributed by atoms with E-state index >= 15 is 0 Å². The van der Waals surface area contributed by atoms with E-state index in [0.29, 0.717) is 45.4 Å². The van der Waals surface area contributed by atoms with E-state index in [4.69, 9.17) is 9.47 Å². The molecule has 3 aromatic carbocycles. The number of carbonyl (C=O) groups is 1. The summed E-state index contributed by atoms with van der Waals surface area (Å²) in [6, 6.07) is 25.2. The lowest BCUT2D eigenvalue weighted by Crippen LogP contribution is -2.43. The van der Waals surface area contributed by atoms with Gasteiger partial charge in [-0.25, -0.2) is 15.0 Å². The zero-order valence-corrected chi connectivity index (χ0v) is 35.9. The first-order valence-corrected chi connectivity index (χ1v) is 21.2. The first kappa shape index (κ1) is 44.2. The minimum atomic E-state index is -2.92. The molecule has 1 amide bonds. The molecule has 0 radical (unpaired) electrons. The van der Waals surface area contributed by atoms with Crippen molar-refractivity contribution in [2.24, 2.45) is 0 Å². The monoisotopic (exact) mass is 876 g/mol. The molecule has 4 aromatic heterocycles. The van der Waals surface area contributed by atoms with Crippen LogP contribution in [0.4, 0.5) is 26.1 Å². The number of nitrogens with zero attached hydrogens (tertiary/aromatic N) is 7. The molecule has 0 saturated carbocycles. The number of benzene rings is 3. The molecule has 1 aliphatic rings. The van der Waals surface area contributed by atoms with Gasteiger partial charge in [0.05, 0.1) is 53.2 Å². The van der Waals surface area contributed by atoms with Crippen molar-refractivity contribution in [3.63, 3.8) is 0 Å². The quantitative estimate of drug-likeness (QED) is 0.0983. The number of imidazole rings is 1. The minimum Gasteiger partial charge on any atom is -0.493 e. The standard InChI is InChI=1S/C29H31N7O.C16H15F2N3O4S/c1-21-5-10-25(18-27(21)34-29-31-13-11-26(33-29)24-4-3-12-30-19-24)32-28(37)23-8-6-22(7-9-23)20-36-16-14-35(2)15-17-36;1-23-13-5-6-19-12(14(13)24-2)8-26(22)16-20-10-4-3-9(25-15(17)18)7-11(10)21-16/h3-13,18-19H,14-17,20H2,1-2H3,(H,32,37)(H,31,33,34);3-7,15H,8H2,1-2H3,(H,20,21). The maximum atomic E-state index is 12.9. The number of likely N-dealkylation sites (N-methyl/N-ethyl adjacent to an activating group) is 1. The first-order chi connectivity index (χ1) is 30.5. The second-order valence-corrected chi connectivity index (χ2v) is 15.8. The van der Waals surface area contributed by atoms with Gasteiger partial charge in [0.15, 0.2) is 16.7 Å². The molecule has 5 heterocycles.